The molecule has 0 heterocycles. The summed E-state index contributed by atoms with van der Waals surface area (Å²) in [7, 11) is 0. The van der Waals surface area contributed by atoms with Crippen LogP contribution in [-0.2, 0) is 4.84 Å². The Morgan fingerprint density at radius 1 is 1.35 bits per heavy atom. The third kappa shape index (κ3) is 4.26. The van der Waals surface area contributed by atoms with Gasteiger partial charge in [-0.2, -0.15) is 0 Å². The summed E-state index contributed by atoms with van der Waals surface area (Å²) in [6, 6.07) is -0.0579. The number of aliphatic hydroxyl groups is 1. The van der Waals surface area contributed by atoms with Gasteiger partial charge in [-0.3, -0.25) is 0 Å². The van der Waals surface area contributed by atoms with Crippen molar-refractivity contribution >= 4 is 0 Å². The van der Waals surface area contributed by atoms with E-state index in [1.54, 1.807) is 6.92 Å². The highest BCUT2D eigenvalue weighted by Gasteiger charge is 2.42. The summed E-state index contributed by atoms with van der Waals surface area (Å²) in [6.45, 7) is 8.22. The molecule has 4 nitrogen and oxygen atoms in total. The lowest BCUT2D eigenvalue weighted by atomic mass is 9.74. The molecule has 0 amide bonds. The monoisotopic (exact) mass is 244 g/mol. The maximum absolute atomic E-state index is 11.9. The van der Waals surface area contributed by atoms with Gasteiger partial charge in [0, 0.05) is 12.3 Å². The van der Waals surface area contributed by atoms with Crippen LogP contribution < -0.4 is 0 Å². The molecule has 1 rings (SSSR count). The van der Waals surface area contributed by atoms with Gasteiger partial charge in [0.15, 0.2) is 6.61 Å². The molecule has 1 aliphatic carbocycles. The normalized spacial score (nSPS) is 31.3. The molecule has 2 unspecified atom stereocenters. The van der Waals surface area contributed by atoms with E-state index in [-0.39, 0.29) is 12.6 Å². The van der Waals surface area contributed by atoms with Gasteiger partial charge in [0.25, 0.3) is 6.04 Å². The van der Waals surface area contributed by atoms with Crippen LogP contribution in [0.3, 0.4) is 0 Å². The number of hydrogen-bond donors (Lipinski definition) is 1. The largest absolute Gasteiger partial charge is 0.390 e. The highest BCUT2D eigenvalue weighted by molar-refractivity contribution is 4.79. The molecule has 0 aromatic heterocycles. The zero-order chi connectivity index (χ0) is 13.0. The summed E-state index contributed by atoms with van der Waals surface area (Å²) in [5, 5.41) is 9.14. The third-order valence-electron chi connectivity index (χ3n) is 3.70. The lowest BCUT2D eigenvalue weighted by Crippen LogP contribution is -2.40. The fourth-order valence-electron chi connectivity index (χ4n) is 2.67. The van der Waals surface area contributed by atoms with Crippen molar-refractivity contribution in [1.82, 2.24) is 0 Å². The fourth-order valence-corrected chi connectivity index (χ4v) is 2.67. The maximum Gasteiger partial charge on any atom is 0.260 e. The fraction of sp³-hybridized carbons (Fsp3) is 1.00. The van der Waals surface area contributed by atoms with Crippen LogP contribution in [0.4, 0.5) is 0 Å². The summed E-state index contributed by atoms with van der Waals surface area (Å²) in [4.78, 5) is 17.8. The van der Waals surface area contributed by atoms with Crippen molar-refractivity contribution < 1.29 is 14.9 Å². The van der Waals surface area contributed by atoms with Crippen molar-refractivity contribution in [3.05, 3.63) is 4.91 Å². The van der Waals surface area contributed by atoms with Crippen LogP contribution in [0.25, 0.3) is 0 Å². The van der Waals surface area contributed by atoms with Crippen molar-refractivity contribution in [2.75, 3.05) is 6.61 Å². The van der Waals surface area contributed by atoms with Crippen LogP contribution >= 0.6 is 0 Å². The van der Waals surface area contributed by atoms with Gasteiger partial charge >= 0.3 is 0 Å². The molecule has 17 heavy (non-hydrogen) atoms. The van der Waals surface area contributed by atoms with Gasteiger partial charge in [-0.25, -0.2) is 4.84 Å². The highest BCUT2D eigenvalue weighted by Crippen LogP contribution is 2.35. The lowest BCUT2D eigenvalue weighted by molar-refractivity contribution is -0.834. The molecule has 1 saturated carbocycles. The maximum atomic E-state index is 11.9. The van der Waals surface area contributed by atoms with Crippen LogP contribution in [0.2, 0.25) is 0 Å². The van der Waals surface area contributed by atoms with Crippen LogP contribution in [0.1, 0.15) is 47.0 Å². The smallest absolute Gasteiger partial charge is 0.260 e. The van der Waals surface area contributed by atoms with E-state index < -0.39 is 6.10 Å². The van der Waals surface area contributed by atoms with Crippen LogP contribution in [-0.4, -0.2) is 28.8 Å². The first-order valence-electron chi connectivity index (χ1n) is 6.69. The molecule has 0 saturated heterocycles. The third-order valence-corrected chi connectivity index (χ3v) is 3.70. The molecule has 100 valence electrons. The topological polar surface area (TPSA) is 49.5 Å². The molecule has 0 aliphatic heterocycles. The molecule has 4 heteroatoms. The van der Waals surface area contributed by atoms with Crippen molar-refractivity contribution in [3.8, 4) is 0 Å². The second-order valence-electron chi connectivity index (χ2n) is 5.82. The van der Waals surface area contributed by atoms with Gasteiger partial charge in [0.1, 0.15) is 0 Å². The predicted molar refractivity (Wildman–Crippen MR) is 66.4 cm³/mol. The first-order chi connectivity index (χ1) is 7.91. The van der Waals surface area contributed by atoms with E-state index in [2.05, 4.69) is 20.8 Å². The molecule has 4 atom stereocenters. The van der Waals surface area contributed by atoms with Crippen LogP contribution in [0.5, 0.6) is 0 Å². The molecule has 1 N–H and O–H groups in total. The molecular formula is C13H26NO3+. The van der Waals surface area contributed by atoms with Crippen molar-refractivity contribution in [3.63, 3.8) is 0 Å². The molecule has 0 aromatic carbocycles. The Hall–Kier alpha value is -0.640. The summed E-state index contributed by atoms with van der Waals surface area (Å²) >= 11 is 0. The van der Waals surface area contributed by atoms with E-state index in [0.29, 0.717) is 17.8 Å². The Balaban J connectivity index is 2.59. The molecule has 0 spiro atoms. The Bertz CT molecular complexity index is 253. The van der Waals surface area contributed by atoms with Gasteiger partial charge < -0.3 is 5.11 Å². The number of hydrogen-bond acceptors (Lipinski definition) is 3. The van der Waals surface area contributed by atoms with E-state index in [0.717, 1.165) is 17.8 Å². The minimum absolute atomic E-state index is 0.0579. The minimum atomic E-state index is -0.593. The summed E-state index contributed by atoms with van der Waals surface area (Å²) in [5.41, 5.74) is 0. The average Bonchev–Trinajstić information content (AvgIpc) is 2.25. The van der Waals surface area contributed by atoms with Crippen LogP contribution in [0, 0.1) is 22.7 Å². The molecule has 0 radical (unpaired) electrons. The van der Waals surface area contributed by atoms with E-state index in [1.807, 2.05) is 0 Å². The first-order valence-corrected chi connectivity index (χ1v) is 6.69. The Morgan fingerprint density at radius 2 is 2.00 bits per heavy atom. The molecule has 0 bridgehead atoms. The molecule has 1 aliphatic rings. The highest BCUT2D eigenvalue weighted by atomic mass is 16.8. The molecule has 1 fully saturated rings. The average molecular weight is 244 g/mol. The first kappa shape index (κ1) is 14.4. The number of aliphatic hydroxyl groups excluding tert-OH is 1. The lowest BCUT2D eigenvalue weighted by Gasteiger charge is -2.30. The van der Waals surface area contributed by atoms with Gasteiger partial charge in [0.2, 0.25) is 4.92 Å². The zero-order valence-electron chi connectivity index (χ0n) is 11.4. The van der Waals surface area contributed by atoms with E-state index >= 15 is 0 Å². The quantitative estimate of drug-likeness (QED) is 0.756. The summed E-state index contributed by atoms with van der Waals surface area (Å²) in [5.74, 6) is 1.48. The zero-order valence-corrected chi connectivity index (χ0v) is 11.4. The van der Waals surface area contributed by atoms with Gasteiger partial charge in [-0.1, -0.05) is 20.8 Å². The van der Waals surface area contributed by atoms with Crippen molar-refractivity contribution in [1.29, 1.82) is 0 Å². The Labute approximate surface area is 104 Å². The standard InChI is InChI=1S/C13H26NO3/c1-9(2)12-6-5-10(3)7-13(12)14(16)17-8-11(4)15/h9-13,15H,5-8H2,1-4H3/q+1/t10-,11?,12?,13-/m1/s1. The summed E-state index contributed by atoms with van der Waals surface area (Å²) in [6.07, 6.45) is 2.60. The van der Waals surface area contributed by atoms with Crippen LogP contribution in [0.15, 0.2) is 0 Å². The SMILES string of the molecule is CC(O)CO[N+](=O)[C@@H]1C[C@H](C)CCC1C(C)C. The van der Waals surface area contributed by atoms with E-state index in [4.69, 9.17) is 9.94 Å². The number of nitrogens with zero attached hydrogens (tertiary/aromatic N) is 1. The van der Waals surface area contributed by atoms with E-state index in [9.17, 15) is 4.91 Å². The van der Waals surface area contributed by atoms with Gasteiger partial charge in [0.05, 0.1) is 11.0 Å². The Morgan fingerprint density at radius 3 is 2.53 bits per heavy atom. The van der Waals surface area contributed by atoms with Gasteiger partial charge in [-0.05, 0) is 31.6 Å². The molecule has 0 aromatic rings. The second-order valence-corrected chi connectivity index (χ2v) is 5.82. The van der Waals surface area contributed by atoms with Gasteiger partial charge in [-0.15, -0.1) is 0 Å². The minimum Gasteiger partial charge on any atom is -0.390 e. The Kier molecular flexibility index (Phi) is 5.37. The second kappa shape index (κ2) is 6.34. The molecular weight excluding hydrogens is 218 g/mol. The van der Waals surface area contributed by atoms with Crippen molar-refractivity contribution in [2.45, 2.75) is 59.1 Å². The van der Waals surface area contributed by atoms with E-state index in [1.165, 1.54) is 6.42 Å². The predicted octanol–water partition coefficient (Wildman–Crippen LogP) is 2.54. The van der Waals surface area contributed by atoms with Crippen molar-refractivity contribution in [2.24, 2.45) is 17.8 Å². The number of rotatable bonds is 5. The summed E-state index contributed by atoms with van der Waals surface area (Å²) < 4.78 is 0.